The molecule has 0 radical (unpaired) electrons. The second kappa shape index (κ2) is 12.6. The van der Waals surface area contributed by atoms with E-state index in [2.05, 4.69) is 187 Å². The Hall–Kier alpha value is -7.36. The van der Waals surface area contributed by atoms with Crippen LogP contribution in [0.15, 0.2) is 209 Å². The number of para-hydroxylation sites is 5. The van der Waals surface area contributed by atoms with E-state index in [1.807, 2.05) is 18.2 Å². The summed E-state index contributed by atoms with van der Waals surface area (Å²) >= 11 is 0. The van der Waals surface area contributed by atoms with E-state index in [1.165, 1.54) is 27.5 Å². The molecule has 2 aromatic heterocycles. The molecule has 0 unspecified atom stereocenters. The summed E-state index contributed by atoms with van der Waals surface area (Å²) in [5, 5.41) is 6.76. The molecule has 9 aromatic carbocycles. The van der Waals surface area contributed by atoms with Crippen LogP contribution in [0.1, 0.15) is 0 Å². The molecule has 3 heteroatoms. The van der Waals surface area contributed by atoms with Crippen LogP contribution in [0.5, 0.6) is 0 Å². The third kappa shape index (κ3) is 4.98. The third-order valence-electron chi connectivity index (χ3n) is 10.9. The molecule has 0 amide bonds. The average Bonchev–Trinajstić information content (AvgIpc) is 3.83. The fourth-order valence-corrected chi connectivity index (χ4v) is 8.51. The van der Waals surface area contributed by atoms with Gasteiger partial charge in [0.2, 0.25) is 0 Å². The van der Waals surface area contributed by atoms with Crippen molar-refractivity contribution in [2.75, 3.05) is 4.90 Å². The maximum atomic E-state index is 6.66. The van der Waals surface area contributed by atoms with E-state index in [0.29, 0.717) is 0 Å². The van der Waals surface area contributed by atoms with Crippen LogP contribution in [0, 0.1) is 0 Å². The summed E-state index contributed by atoms with van der Waals surface area (Å²) in [6.07, 6.45) is 0. The van der Waals surface area contributed by atoms with E-state index < -0.39 is 0 Å². The molecule has 0 atom stereocenters. The fourth-order valence-electron chi connectivity index (χ4n) is 8.51. The number of nitrogens with zero attached hydrogens (tertiary/aromatic N) is 1. The van der Waals surface area contributed by atoms with Crippen molar-refractivity contribution in [3.8, 4) is 33.4 Å². The Morgan fingerprint density at radius 1 is 0.291 bits per heavy atom. The molecule has 0 aliphatic carbocycles. The SMILES string of the molecule is c1ccc(-c2cccc3cccc(-c4ccccc4N(c4ccccc4-c4cccc5c4oc4ccccc45)c4cccc5oc6ccccc6c45)c23)cc1. The topological polar surface area (TPSA) is 29.5 Å². The molecule has 258 valence electrons. The lowest BCUT2D eigenvalue weighted by Gasteiger charge is -2.30. The van der Waals surface area contributed by atoms with Gasteiger partial charge in [0.25, 0.3) is 0 Å². The molecular formula is C52H33NO2. The van der Waals surface area contributed by atoms with Gasteiger partial charge in [-0.3, -0.25) is 0 Å². The quantitative estimate of drug-likeness (QED) is 0.173. The highest BCUT2D eigenvalue weighted by Crippen LogP contribution is 2.50. The second-order valence-corrected chi connectivity index (χ2v) is 14.0. The first-order valence-corrected chi connectivity index (χ1v) is 18.7. The minimum Gasteiger partial charge on any atom is -0.456 e. The fraction of sp³-hybridized carbons (Fsp3) is 0. The van der Waals surface area contributed by atoms with Crippen molar-refractivity contribution in [1.82, 2.24) is 0 Å². The highest BCUT2D eigenvalue weighted by molar-refractivity contribution is 6.16. The van der Waals surface area contributed by atoms with Crippen LogP contribution >= 0.6 is 0 Å². The summed E-state index contributed by atoms with van der Waals surface area (Å²) in [7, 11) is 0. The summed E-state index contributed by atoms with van der Waals surface area (Å²) in [6, 6.07) is 70.9. The van der Waals surface area contributed by atoms with Crippen LogP contribution in [0.25, 0.3) is 88.0 Å². The molecule has 0 aliphatic rings. The lowest BCUT2D eigenvalue weighted by atomic mass is 9.90. The van der Waals surface area contributed by atoms with E-state index in [4.69, 9.17) is 8.83 Å². The minimum absolute atomic E-state index is 0.842. The number of furan rings is 2. The van der Waals surface area contributed by atoms with E-state index in [0.717, 1.165) is 77.6 Å². The van der Waals surface area contributed by atoms with Crippen LogP contribution in [-0.2, 0) is 0 Å². The molecule has 2 heterocycles. The number of fused-ring (bicyclic) bond motifs is 7. The van der Waals surface area contributed by atoms with Crippen molar-refractivity contribution >= 4 is 71.7 Å². The first kappa shape index (κ1) is 31.2. The van der Waals surface area contributed by atoms with Crippen molar-refractivity contribution in [3.63, 3.8) is 0 Å². The van der Waals surface area contributed by atoms with E-state index in [1.54, 1.807) is 0 Å². The van der Waals surface area contributed by atoms with E-state index in [9.17, 15) is 0 Å². The Morgan fingerprint density at radius 3 is 1.58 bits per heavy atom. The average molecular weight is 704 g/mol. The summed E-state index contributed by atoms with van der Waals surface area (Å²) in [5.74, 6) is 0. The molecule has 0 N–H and O–H groups in total. The summed E-state index contributed by atoms with van der Waals surface area (Å²) < 4.78 is 13.2. The second-order valence-electron chi connectivity index (χ2n) is 14.0. The highest BCUT2D eigenvalue weighted by Gasteiger charge is 2.26. The first-order valence-electron chi connectivity index (χ1n) is 18.7. The van der Waals surface area contributed by atoms with Crippen molar-refractivity contribution in [1.29, 1.82) is 0 Å². The molecule has 3 nitrogen and oxygen atoms in total. The Morgan fingerprint density at radius 2 is 0.800 bits per heavy atom. The van der Waals surface area contributed by atoms with Gasteiger partial charge in [-0.1, -0.05) is 164 Å². The van der Waals surface area contributed by atoms with Crippen LogP contribution < -0.4 is 4.90 Å². The van der Waals surface area contributed by atoms with Gasteiger partial charge in [-0.05, 0) is 63.9 Å². The maximum absolute atomic E-state index is 6.66. The minimum atomic E-state index is 0.842. The Balaban J connectivity index is 1.24. The lowest BCUT2D eigenvalue weighted by Crippen LogP contribution is -2.13. The lowest BCUT2D eigenvalue weighted by molar-refractivity contribution is 0.669. The molecule has 0 spiro atoms. The molecule has 0 fully saturated rings. The van der Waals surface area contributed by atoms with Crippen LogP contribution in [-0.4, -0.2) is 0 Å². The van der Waals surface area contributed by atoms with Gasteiger partial charge in [0.05, 0.1) is 22.4 Å². The summed E-state index contributed by atoms with van der Waals surface area (Å²) in [6.45, 7) is 0. The van der Waals surface area contributed by atoms with Gasteiger partial charge in [0, 0.05) is 32.8 Å². The number of anilines is 3. The molecule has 0 bridgehead atoms. The molecule has 55 heavy (non-hydrogen) atoms. The monoisotopic (exact) mass is 703 g/mol. The van der Waals surface area contributed by atoms with Crippen molar-refractivity contribution < 1.29 is 8.83 Å². The highest BCUT2D eigenvalue weighted by atomic mass is 16.3. The standard InChI is InChI=1S/C52H33NO2/c1-2-16-34(17-3-1)36-24-12-18-35-19-13-25-40(50(35)36)37-20-4-8-28-44(37)53(46-30-15-33-49-51(46)43-23-7-11-32-48(43)54-49)45-29-9-5-21-38(45)41-26-14-27-42-39-22-6-10-31-47(39)55-52(41)42/h1-33H. The van der Waals surface area contributed by atoms with Crippen molar-refractivity contribution in [2.24, 2.45) is 0 Å². The molecule has 0 saturated carbocycles. The maximum Gasteiger partial charge on any atom is 0.143 e. The Labute approximate surface area is 317 Å². The van der Waals surface area contributed by atoms with Crippen LogP contribution in [0.4, 0.5) is 17.1 Å². The smallest absolute Gasteiger partial charge is 0.143 e. The van der Waals surface area contributed by atoms with Gasteiger partial charge in [-0.2, -0.15) is 0 Å². The molecule has 11 rings (SSSR count). The van der Waals surface area contributed by atoms with E-state index >= 15 is 0 Å². The predicted molar refractivity (Wildman–Crippen MR) is 229 cm³/mol. The van der Waals surface area contributed by atoms with Gasteiger partial charge in [0.1, 0.15) is 22.3 Å². The predicted octanol–water partition coefficient (Wildman–Crippen LogP) is 15.1. The van der Waals surface area contributed by atoms with Crippen LogP contribution in [0.2, 0.25) is 0 Å². The summed E-state index contributed by atoms with van der Waals surface area (Å²) in [4.78, 5) is 2.43. The Bertz CT molecular complexity index is 3220. The first-order chi connectivity index (χ1) is 27.3. The number of benzene rings is 9. The van der Waals surface area contributed by atoms with Gasteiger partial charge >= 0.3 is 0 Å². The Kier molecular flexibility index (Phi) is 7.17. The zero-order valence-electron chi connectivity index (χ0n) is 29.8. The van der Waals surface area contributed by atoms with E-state index in [-0.39, 0.29) is 0 Å². The van der Waals surface area contributed by atoms with Gasteiger partial charge in [-0.15, -0.1) is 0 Å². The number of hydrogen-bond donors (Lipinski definition) is 0. The zero-order chi connectivity index (χ0) is 36.3. The van der Waals surface area contributed by atoms with Gasteiger partial charge < -0.3 is 13.7 Å². The zero-order valence-corrected chi connectivity index (χ0v) is 29.8. The molecule has 0 saturated heterocycles. The molecular weight excluding hydrogens is 671 g/mol. The number of hydrogen-bond acceptors (Lipinski definition) is 3. The number of rotatable bonds is 6. The largest absolute Gasteiger partial charge is 0.456 e. The third-order valence-corrected chi connectivity index (χ3v) is 10.9. The van der Waals surface area contributed by atoms with Crippen molar-refractivity contribution in [2.45, 2.75) is 0 Å². The molecule has 11 aromatic rings. The van der Waals surface area contributed by atoms with Gasteiger partial charge in [0.15, 0.2) is 0 Å². The molecule has 0 aliphatic heterocycles. The summed E-state index contributed by atoms with van der Waals surface area (Å²) in [5.41, 5.74) is 13.4. The van der Waals surface area contributed by atoms with Gasteiger partial charge in [-0.25, -0.2) is 0 Å². The van der Waals surface area contributed by atoms with Crippen molar-refractivity contribution in [3.05, 3.63) is 200 Å². The van der Waals surface area contributed by atoms with Crippen LogP contribution in [0.3, 0.4) is 0 Å². The normalized spacial score (nSPS) is 11.6.